The normalized spacial score (nSPS) is 19.0. The van der Waals surface area contributed by atoms with Crippen molar-refractivity contribution in [1.82, 2.24) is 19.6 Å². The number of aromatic nitrogens is 4. The number of ether oxygens (including phenoxy) is 2. The molecule has 5 aromatic rings. The van der Waals surface area contributed by atoms with E-state index in [0.29, 0.717) is 36.1 Å². The van der Waals surface area contributed by atoms with Crippen molar-refractivity contribution in [3.63, 3.8) is 0 Å². The van der Waals surface area contributed by atoms with Crippen LogP contribution in [0.25, 0.3) is 5.65 Å². The molecule has 1 aliphatic heterocycles. The Kier molecular flexibility index (Phi) is 13.4. The van der Waals surface area contributed by atoms with Crippen LogP contribution in [0.2, 0.25) is 0 Å². The van der Waals surface area contributed by atoms with E-state index in [9.17, 15) is 5.11 Å². The Balaban J connectivity index is 0.000000234. The Morgan fingerprint density at radius 2 is 1.42 bits per heavy atom. The van der Waals surface area contributed by atoms with Gasteiger partial charge in [-0.05, 0) is 35.6 Å². The molecule has 0 bridgehead atoms. The van der Waals surface area contributed by atoms with Crippen molar-refractivity contribution in [3.8, 4) is 0 Å². The number of rotatable bonds is 9. The second-order valence-corrected chi connectivity index (χ2v) is 11.9. The summed E-state index contributed by atoms with van der Waals surface area (Å²) in [6, 6.07) is 29.1. The molecule has 0 radical (unpaired) electrons. The summed E-state index contributed by atoms with van der Waals surface area (Å²) in [5, 5.41) is 34.4. The van der Waals surface area contributed by atoms with Crippen LogP contribution in [0.15, 0.2) is 107 Å². The average Bonchev–Trinajstić information content (AvgIpc) is 3.66. The fourth-order valence-electron chi connectivity index (χ4n) is 4.74. The van der Waals surface area contributed by atoms with Crippen molar-refractivity contribution >= 4 is 29.2 Å². The minimum atomic E-state index is -1.47. The predicted octanol–water partition coefficient (Wildman–Crippen LogP) is 5.71. The molecule has 3 atom stereocenters. The summed E-state index contributed by atoms with van der Waals surface area (Å²) in [7, 11) is 0. The van der Waals surface area contributed by atoms with Gasteiger partial charge in [0.15, 0.2) is 5.65 Å². The second-order valence-electron chi connectivity index (χ2n) is 10.3. The highest BCUT2D eigenvalue weighted by molar-refractivity contribution is 7.99. The highest BCUT2D eigenvalue weighted by Gasteiger charge is 2.49. The average molecular weight is 649 g/mol. The standard InChI is InChI=1S/C20H24N4O3S2.2C7H8O/c1-13-9-15(12-26-11-14-7-5-4-6-8-14)27-20(13,25)16-10-21-17-18(28-2)22-19(29-3)23-24(16)17;2*8-6-7-4-2-1-3-5-7/h4-8,10,13,15,25H,9,11-12H2,1-3H3;2*1-5,8H,6H2. The summed E-state index contributed by atoms with van der Waals surface area (Å²) in [4.78, 5) is 8.95. The van der Waals surface area contributed by atoms with E-state index in [2.05, 4.69) is 15.1 Å². The van der Waals surface area contributed by atoms with Crippen molar-refractivity contribution < 1.29 is 24.8 Å². The van der Waals surface area contributed by atoms with Gasteiger partial charge in [-0.2, -0.15) is 0 Å². The summed E-state index contributed by atoms with van der Waals surface area (Å²) in [6.45, 7) is 3.19. The first-order chi connectivity index (χ1) is 21.9. The number of fused-ring (bicyclic) bond motifs is 1. The van der Waals surface area contributed by atoms with Gasteiger partial charge in [0.05, 0.1) is 38.7 Å². The first-order valence-corrected chi connectivity index (χ1v) is 17.0. The lowest BCUT2D eigenvalue weighted by Gasteiger charge is -2.26. The number of aliphatic hydroxyl groups is 3. The molecule has 238 valence electrons. The van der Waals surface area contributed by atoms with Crippen LogP contribution < -0.4 is 0 Å². The lowest BCUT2D eigenvalue weighted by Crippen LogP contribution is -2.33. The highest BCUT2D eigenvalue weighted by Crippen LogP contribution is 2.42. The van der Waals surface area contributed by atoms with Crippen LogP contribution in [0.1, 0.15) is 35.7 Å². The third-order valence-corrected chi connectivity index (χ3v) is 8.35. The fraction of sp³-hybridized carbons (Fsp3) is 0.324. The van der Waals surface area contributed by atoms with Gasteiger partial charge in [0.2, 0.25) is 10.9 Å². The molecule has 3 heterocycles. The van der Waals surface area contributed by atoms with E-state index in [1.165, 1.54) is 23.5 Å². The molecule has 0 amide bonds. The Hall–Kier alpha value is -3.29. The van der Waals surface area contributed by atoms with Crippen molar-refractivity contribution in [3.05, 3.63) is 120 Å². The predicted molar refractivity (Wildman–Crippen MR) is 178 cm³/mol. The summed E-state index contributed by atoms with van der Waals surface area (Å²) >= 11 is 2.95. The zero-order valence-corrected chi connectivity index (χ0v) is 27.3. The molecule has 1 fully saturated rings. The zero-order valence-electron chi connectivity index (χ0n) is 25.7. The summed E-state index contributed by atoms with van der Waals surface area (Å²) in [5.74, 6) is -1.60. The molecular weight excluding hydrogens is 609 g/mol. The molecule has 0 spiro atoms. The lowest BCUT2D eigenvalue weighted by atomic mass is 9.96. The molecule has 3 aromatic carbocycles. The van der Waals surface area contributed by atoms with E-state index >= 15 is 0 Å². The van der Waals surface area contributed by atoms with Gasteiger partial charge in [-0.15, -0.1) is 16.9 Å². The molecule has 2 aromatic heterocycles. The van der Waals surface area contributed by atoms with Crippen LogP contribution in [0.4, 0.5) is 0 Å². The lowest BCUT2D eigenvalue weighted by molar-refractivity contribution is -0.228. The zero-order chi connectivity index (χ0) is 32.1. The molecule has 3 unspecified atom stereocenters. The minimum Gasteiger partial charge on any atom is -0.392 e. The van der Waals surface area contributed by atoms with Gasteiger partial charge in [-0.1, -0.05) is 110 Å². The van der Waals surface area contributed by atoms with Gasteiger partial charge in [-0.25, -0.2) is 14.5 Å². The molecule has 0 aliphatic carbocycles. The number of thioether (sulfide) groups is 2. The number of nitrogens with zero attached hydrogens (tertiary/aromatic N) is 4. The molecule has 45 heavy (non-hydrogen) atoms. The summed E-state index contributed by atoms with van der Waals surface area (Å²) in [6.07, 6.45) is 5.99. The smallest absolute Gasteiger partial charge is 0.214 e. The van der Waals surface area contributed by atoms with E-state index in [4.69, 9.17) is 19.7 Å². The monoisotopic (exact) mass is 648 g/mol. The molecule has 1 saturated heterocycles. The van der Waals surface area contributed by atoms with Gasteiger partial charge in [0.25, 0.3) is 0 Å². The summed E-state index contributed by atoms with van der Waals surface area (Å²) in [5.41, 5.74) is 4.19. The van der Waals surface area contributed by atoms with Gasteiger partial charge < -0.3 is 24.8 Å². The van der Waals surface area contributed by atoms with Gasteiger partial charge in [0, 0.05) is 5.92 Å². The van der Waals surface area contributed by atoms with Crippen LogP contribution in [0.5, 0.6) is 0 Å². The first-order valence-electron chi connectivity index (χ1n) is 14.6. The molecule has 0 saturated carbocycles. The van der Waals surface area contributed by atoms with E-state index in [0.717, 1.165) is 21.7 Å². The Morgan fingerprint density at radius 1 is 0.867 bits per heavy atom. The summed E-state index contributed by atoms with van der Waals surface area (Å²) < 4.78 is 13.6. The van der Waals surface area contributed by atoms with Crippen molar-refractivity contribution in [1.29, 1.82) is 0 Å². The SMILES string of the molecule is CSc1nc(SC)c2ncc(C3(O)OC(COCc4ccccc4)CC3C)n2n1.OCc1ccccc1.OCc1ccccc1. The van der Waals surface area contributed by atoms with Gasteiger partial charge in [-0.3, -0.25) is 0 Å². The molecular formula is C34H40N4O5S2. The number of aliphatic hydroxyl groups excluding tert-OH is 2. The highest BCUT2D eigenvalue weighted by atomic mass is 32.2. The van der Waals surface area contributed by atoms with E-state index in [1.807, 2.05) is 110 Å². The van der Waals surface area contributed by atoms with Crippen molar-refractivity contribution in [2.45, 2.75) is 55.2 Å². The van der Waals surface area contributed by atoms with E-state index in [1.54, 1.807) is 10.7 Å². The maximum Gasteiger partial charge on any atom is 0.214 e. The van der Waals surface area contributed by atoms with Gasteiger partial charge in [0.1, 0.15) is 10.7 Å². The maximum absolute atomic E-state index is 11.4. The first kappa shape index (κ1) is 34.6. The third kappa shape index (κ3) is 9.36. The fourth-order valence-corrected chi connectivity index (χ4v) is 5.64. The maximum atomic E-state index is 11.4. The van der Waals surface area contributed by atoms with Gasteiger partial charge >= 0.3 is 0 Å². The molecule has 6 rings (SSSR count). The van der Waals surface area contributed by atoms with Crippen LogP contribution in [-0.2, 0) is 35.1 Å². The Bertz CT molecular complexity index is 1540. The van der Waals surface area contributed by atoms with Crippen molar-refractivity contribution in [2.24, 2.45) is 5.92 Å². The largest absolute Gasteiger partial charge is 0.392 e. The third-order valence-electron chi connectivity index (χ3n) is 7.15. The number of hydrogen-bond donors (Lipinski definition) is 3. The molecule has 11 heteroatoms. The van der Waals surface area contributed by atoms with Crippen molar-refractivity contribution in [2.75, 3.05) is 19.1 Å². The van der Waals surface area contributed by atoms with Crippen LogP contribution in [0.3, 0.4) is 0 Å². The van der Waals surface area contributed by atoms with Crippen LogP contribution >= 0.6 is 23.5 Å². The molecule has 9 nitrogen and oxygen atoms in total. The molecule has 3 N–H and O–H groups in total. The van der Waals surface area contributed by atoms with E-state index < -0.39 is 5.79 Å². The number of hydrogen-bond acceptors (Lipinski definition) is 10. The topological polar surface area (TPSA) is 122 Å². The van der Waals surface area contributed by atoms with Crippen LogP contribution in [0, 0.1) is 5.92 Å². The van der Waals surface area contributed by atoms with E-state index in [-0.39, 0.29) is 25.2 Å². The minimum absolute atomic E-state index is 0.127. The number of benzene rings is 3. The quantitative estimate of drug-likeness (QED) is 0.171. The van der Waals surface area contributed by atoms with Crippen LogP contribution in [-0.4, -0.2) is 60.1 Å². The molecule has 1 aliphatic rings. The second kappa shape index (κ2) is 17.4. The Labute approximate surface area is 272 Å². The Morgan fingerprint density at radius 3 is 1.91 bits per heavy atom. The number of imidazole rings is 1.